The Morgan fingerprint density at radius 1 is 1.53 bits per heavy atom. The molecule has 0 spiro atoms. The van der Waals surface area contributed by atoms with Crippen molar-refractivity contribution in [3.63, 3.8) is 0 Å². The van der Waals surface area contributed by atoms with Gasteiger partial charge in [0, 0.05) is 18.3 Å². The largest absolute Gasteiger partial charge is 0.341 e. The number of nitrogens with one attached hydrogen (secondary N) is 2. The molecule has 0 aliphatic heterocycles. The lowest BCUT2D eigenvalue weighted by molar-refractivity contribution is 0.254. The van der Waals surface area contributed by atoms with E-state index in [-0.39, 0.29) is 11.4 Å². The summed E-state index contributed by atoms with van der Waals surface area (Å²) in [4.78, 5) is 11.0. The van der Waals surface area contributed by atoms with Crippen LogP contribution in [0.3, 0.4) is 0 Å². The number of carbonyl (C=O) groups excluding carboxylic acids is 1. The third-order valence-corrected chi connectivity index (χ3v) is 3.66. The fraction of sp³-hybridized carbons (Fsp3) is 0.625. The van der Waals surface area contributed by atoms with Gasteiger partial charge in [-0.2, -0.15) is 0 Å². The second-order valence-corrected chi connectivity index (χ2v) is 4.88. The Morgan fingerprint density at radius 2 is 2.20 bits per heavy atom. The van der Waals surface area contributed by atoms with E-state index < -0.39 is 0 Å². The lowest BCUT2D eigenvalue weighted by Gasteiger charge is -2.16. The van der Waals surface area contributed by atoms with Gasteiger partial charge in [0.2, 0.25) is 5.13 Å². The Labute approximate surface area is 97.2 Å². The Kier molecular flexibility index (Phi) is 3.87. The van der Waals surface area contributed by atoms with Crippen molar-refractivity contribution in [2.24, 2.45) is 0 Å². The van der Waals surface area contributed by atoms with Crippen LogP contribution in [0.4, 0.5) is 9.93 Å². The van der Waals surface area contributed by atoms with E-state index in [0.717, 1.165) is 5.01 Å². The van der Waals surface area contributed by atoms with Crippen molar-refractivity contribution in [2.75, 3.05) is 18.2 Å². The van der Waals surface area contributed by atoms with Gasteiger partial charge in [0.25, 0.3) is 0 Å². The van der Waals surface area contributed by atoms with Crippen LogP contribution >= 0.6 is 22.9 Å². The molecular weight excluding hydrogens is 236 g/mol. The molecule has 2 amide bonds. The zero-order valence-corrected chi connectivity index (χ0v) is 10.4. The zero-order valence-electron chi connectivity index (χ0n) is 8.80. The van der Waals surface area contributed by atoms with Crippen molar-refractivity contribution < 1.29 is 4.79 Å². The van der Waals surface area contributed by atoms with Gasteiger partial charge in [-0.1, -0.05) is 25.2 Å². The second kappa shape index (κ2) is 4.76. The summed E-state index contributed by atoms with van der Waals surface area (Å²) < 4.78 is 0. The van der Waals surface area contributed by atoms with Gasteiger partial charge in [-0.05, 0) is 0 Å². The maximum absolute atomic E-state index is 11.0. The minimum absolute atomic E-state index is 0.220. The average molecular weight is 249 g/mol. The van der Waals surface area contributed by atoms with E-state index in [2.05, 4.69) is 20.8 Å². The summed E-state index contributed by atoms with van der Waals surface area (Å²) in [5.74, 6) is 0.460. The molecule has 0 aromatic carbocycles. The molecule has 1 heterocycles. The summed E-state index contributed by atoms with van der Waals surface area (Å²) in [6.07, 6.45) is 0. The molecule has 0 bridgehead atoms. The monoisotopic (exact) mass is 248 g/mol. The lowest BCUT2D eigenvalue weighted by atomic mass is 9.98. The lowest BCUT2D eigenvalue weighted by Crippen LogP contribution is -2.24. The fourth-order valence-corrected chi connectivity index (χ4v) is 1.81. The Balaban J connectivity index is 2.76. The number of alkyl halides is 1. The summed E-state index contributed by atoms with van der Waals surface area (Å²) in [7, 11) is 1.54. The molecule has 0 unspecified atom stereocenters. The predicted molar refractivity (Wildman–Crippen MR) is 61.7 cm³/mol. The van der Waals surface area contributed by atoms with Crippen molar-refractivity contribution in [1.82, 2.24) is 15.5 Å². The molecule has 84 valence electrons. The summed E-state index contributed by atoms with van der Waals surface area (Å²) in [6.45, 7) is 3.95. The van der Waals surface area contributed by atoms with Crippen molar-refractivity contribution in [1.29, 1.82) is 0 Å². The van der Waals surface area contributed by atoms with E-state index in [1.807, 2.05) is 13.8 Å². The first kappa shape index (κ1) is 12.2. The smallest absolute Gasteiger partial charge is 0.320 e. The molecule has 0 aliphatic carbocycles. The van der Waals surface area contributed by atoms with Crippen LogP contribution in [-0.4, -0.2) is 29.2 Å². The molecule has 0 aliphatic rings. The molecular formula is C8H13ClN4OS. The van der Waals surface area contributed by atoms with Crippen LogP contribution in [0.15, 0.2) is 0 Å². The highest BCUT2D eigenvalue weighted by molar-refractivity contribution is 7.15. The van der Waals surface area contributed by atoms with Gasteiger partial charge in [0.05, 0.1) is 0 Å². The number of halogens is 1. The van der Waals surface area contributed by atoms with Crippen LogP contribution in [-0.2, 0) is 5.41 Å². The van der Waals surface area contributed by atoms with Crippen molar-refractivity contribution in [3.8, 4) is 0 Å². The third-order valence-electron chi connectivity index (χ3n) is 1.79. The fourth-order valence-electron chi connectivity index (χ4n) is 0.764. The van der Waals surface area contributed by atoms with E-state index in [0.29, 0.717) is 11.0 Å². The van der Waals surface area contributed by atoms with Gasteiger partial charge < -0.3 is 5.32 Å². The van der Waals surface area contributed by atoms with Gasteiger partial charge in [0.15, 0.2) is 0 Å². The quantitative estimate of drug-likeness (QED) is 0.802. The highest BCUT2D eigenvalue weighted by Crippen LogP contribution is 2.29. The van der Waals surface area contributed by atoms with Crippen LogP contribution in [0, 0.1) is 0 Å². The van der Waals surface area contributed by atoms with Gasteiger partial charge in [-0.25, -0.2) is 4.79 Å². The number of anilines is 1. The Bertz CT molecular complexity index is 352. The van der Waals surface area contributed by atoms with Crippen LogP contribution in [0.1, 0.15) is 18.9 Å². The van der Waals surface area contributed by atoms with Crippen molar-refractivity contribution >= 4 is 34.1 Å². The first-order chi connectivity index (χ1) is 6.99. The number of hydrogen-bond acceptors (Lipinski definition) is 4. The van der Waals surface area contributed by atoms with E-state index in [9.17, 15) is 4.79 Å². The molecule has 0 atom stereocenters. The van der Waals surface area contributed by atoms with Crippen LogP contribution in [0.5, 0.6) is 0 Å². The minimum atomic E-state index is -0.304. The molecule has 0 saturated carbocycles. The molecule has 2 N–H and O–H groups in total. The number of aromatic nitrogens is 2. The molecule has 5 nitrogen and oxygen atoms in total. The molecule has 0 radical (unpaired) electrons. The number of hydrogen-bond donors (Lipinski definition) is 2. The Morgan fingerprint density at radius 3 is 2.73 bits per heavy atom. The number of nitrogens with zero attached hydrogens (tertiary/aromatic N) is 2. The number of carbonyl (C=O) groups is 1. The molecule has 1 aromatic heterocycles. The van der Waals surface area contributed by atoms with Crippen molar-refractivity contribution in [2.45, 2.75) is 19.3 Å². The molecule has 15 heavy (non-hydrogen) atoms. The third kappa shape index (κ3) is 3.04. The number of rotatable bonds is 3. The van der Waals surface area contributed by atoms with E-state index >= 15 is 0 Å². The average Bonchev–Trinajstić information content (AvgIpc) is 2.66. The maximum Gasteiger partial charge on any atom is 0.320 e. The van der Waals surface area contributed by atoms with Gasteiger partial charge in [-0.15, -0.1) is 21.8 Å². The van der Waals surface area contributed by atoms with Crippen molar-refractivity contribution in [3.05, 3.63) is 5.01 Å². The molecule has 7 heteroatoms. The highest BCUT2D eigenvalue weighted by atomic mass is 35.5. The van der Waals surface area contributed by atoms with Gasteiger partial charge in [-0.3, -0.25) is 5.32 Å². The van der Waals surface area contributed by atoms with Gasteiger partial charge >= 0.3 is 6.03 Å². The van der Waals surface area contributed by atoms with E-state index in [1.54, 1.807) is 7.05 Å². The molecule has 1 aromatic rings. The standard InChI is InChI=1S/C8H13ClN4OS/c1-8(2,4-9)5-12-13-7(15-5)11-6(14)10-3/h4H2,1-3H3,(H2,10,11,13,14). The highest BCUT2D eigenvalue weighted by Gasteiger charge is 2.24. The van der Waals surface area contributed by atoms with E-state index in [1.165, 1.54) is 11.3 Å². The van der Waals surface area contributed by atoms with Crippen LogP contribution < -0.4 is 10.6 Å². The number of urea groups is 1. The minimum Gasteiger partial charge on any atom is -0.341 e. The molecule has 0 saturated heterocycles. The summed E-state index contributed by atoms with van der Waals surface area (Å²) in [5.41, 5.74) is -0.220. The number of amides is 2. The zero-order chi connectivity index (χ0) is 11.5. The molecule has 0 fully saturated rings. The first-order valence-electron chi connectivity index (χ1n) is 4.38. The maximum atomic E-state index is 11.0. The first-order valence-corrected chi connectivity index (χ1v) is 5.73. The Hall–Kier alpha value is -0.880. The predicted octanol–water partition coefficient (Wildman–Crippen LogP) is 1.81. The topological polar surface area (TPSA) is 66.9 Å². The summed E-state index contributed by atoms with van der Waals surface area (Å²) in [6, 6.07) is -0.304. The van der Waals surface area contributed by atoms with E-state index in [4.69, 9.17) is 11.6 Å². The van der Waals surface area contributed by atoms with Crippen LogP contribution in [0.2, 0.25) is 0 Å². The van der Waals surface area contributed by atoms with Crippen LogP contribution in [0.25, 0.3) is 0 Å². The summed E-state index contributed by atoms with van der Waals surface area (Å²) in [5, 5.41) is 14.1. The normalized spacial score (nSPS) is 11.2. The second-order valence-electron chi connectivity index (χ2n) is 3.63. The van der Waals surface area contributed by atoms with Gasteiger partial charge in [0.1, 0.15) is 5.01 Å². The SMILES string of the molecule is CNC(=O)Nc1nnc(C(C)(C)CCl)s1. The summed E-state index contributed by atoms with van der Waals surface area (Å²) >= 11 is 7.14. The molecule has 1 rings (SSSR count).